The van der Waals surface area contributed by atoms with E-state index in [1.807, 2.05) is 0 Å². The van der Waals surface area contributed by atoms with E-state index in [0.29, 0.717) is 18.7 Å². The van der Waals surface area contributed by atoms with Crippen LogP contribution in [-0.4, -0.2) is 61.7 Å². The van der Waals surface area contributed by atoms with Gasteiger partial charge in [0.25, 0.3) is 5.91 Å². The highest BCUT2D eigenvalue weighted by molar-refractivity contribution is 7.89. The van der Waals surface area contributed by atoms with Gasteiger partial charge in [-0.3, -0.25) is 9.59 Å². The van der Waals surface area contributed by atoms with Crippen LogP contribution in [0.4, 0.5) is 0 Å². The van der Waals surface area contributed by atoms with Gasteiger partial charge in [-0.1, -0.05) is 13.8 Å². The lowest BCUT2D eigenvalue weighted by Gasteiger charge is -2.21. The molecule has 7 nitrogen and oxygen atoms in total. The van der Waals surface area contributed by atoms with Gasteiger partial charge in [0.05, 0.1) is 4.90 Å². The molecule has 1 N–H and O–H groups in total. The second kappa shape index (κ2) is 8.64. The second-order valence-corrected chi connectivity index (χ2v) is 8.28. The SMILES string of the molecule is CCN(CC)S(=O)(=O)c1ccc(C(=O)N[C@H](C)C(=O)N2CCCC2)cc1. The predicted octanol–water partition coefficient (Wildman–Crippen LogP) is 1.46. The Morgan fingerprint density at radius 1 is 1.12 bits per heavy atom. The quantitative estimate of drug-likeness (QED) is 0.775. The molecule has 8 heteroatoms. The van der Waals surface area contributed by atoms with Crippen molar-refractivity contribution in [3.63, 3.8) is 0 Å². The summed E-state index contributed by atoms with van der Waals surface area (Å²) in [6, 6.07) is 5.18. The third-order valence-electron chi connectivity index (χ3n) is 4.60. The number of amides is 2. The fourth-order valence-electron chi connectivity index (χ4n) is 3.04. The summed E-state index contributed by atoms with van der Waals surface area (Å²) in [4.78, 5) is 26.5. The van der Waals surface area contributed by atoms with Crippen molar-refractivity contribution in [3.8, 4) is 0 Å². The molecule has 0 unspecified atom stereocenters. The number of hydrogen-bond donors (Lipinski definition) is 1. The summed E-state index contributed by atoms with van der Waals surface area (Å²) >= 11 is 0. The van der Waals surface area contributed by atoms with Crippen LogP contribution in [0.3, 0.4) is 0 Å². The van der Waals surface area contributed by atoms with E-state index in [1.165, 1.54) is 28.6 Å². The first-order valence-corrected chi connectivity index (χ1v) is 10.4. The molecule has 0 bridgehead atoms. The molecule has 0 spiro atoms. The number of hydrogen-bond acceptors (Lipinski definition) is 4. The first-order valence-electron chi connectivity index (χ1n) is 9.01. The van der Waals surface area contributed by atoms with Gasteiger partial charge in [-0.25, -0.2) is 8.42 Å². The van der Waals surface area contributed by atoms with Gasteiger partial charge < -0.3 is 10.2 Å². The molecular formula is C18H27N3O4S. The number of carbonyl (C=O) groups excluding carboxylic acids is 2. The average Bonchev–Trinajstić information content (AvgIpc) is 3.16. The fraction of sp³-hybridized carbons (Fsp3) is 0.556. The van der Waals surface area contributed by atoms with Crippen molar-refractivity contribution in [1.82, 2.24) is 14.5 Å². The Labute approximate surface area is 155 Å². The number of rotatable bonds is 7. The van der Waals surface area contributed by atoms with Gasteiger partial charge in [0.2, 0.25) is 15.9 Å². The Morgan fingerprint density at radius 3 is 2.15 bits per heavy atom. The summed E-state index contributed by atoms with van der Waals surface area (Å²) in [7, 11) is -3.55. The largest absolute Gasteiger partial charge is 0.341 e. The van der Waals surface area contributed by atoms with Gasteiger partial charge >= 0.3 is 0 Å². The minimum Gasteiger partial charge on any atom is -0.341 e. The van der Waals surface area contributed by atoms with E-state index in [2.05, 4.69) is 5.32 Å². The number of likely N-dealkylation sites (tertiary alicyclic amines) is 1. The third kappa shape index (κ3) is 4.42. The molecule has 0 aliphatic carbocycles. The zero-order valence-electron chi connectivity index (χ0n) is 15.6. The standard InChI is InChI=1S/C18H27N3O4S/c1-4-21(5-2)26(24,25)16-10-8-15(9-11-16)17(22)19-14(3)18(23)20-12-6-7-13-20/h8-11,14H,4-7,12-13H2,1-3H3,(H,19,22)/t14-/m1/s1. The third-order valence-corrected chi connectivity index (χ3v) is 6.66. The molecule has 0 aromatic heterocycles. The Kier molecular flexibility index (Phi) is 6.77. The smallest absolute Gasteiger partial charge is 0.251 e. The van der Waals surface area contributed by atoms with Crippen LogP contribution >= 0.6 is 0 Å². The van der Waals surface area contributed by atoms with Crippen LogP contribution in [-0.2, 0) is 14.8 Å². The maximum atomic E-state index is 12.5. The Balaban J connectivity index is 2.05. The molecule has 2 amide bonds. The summed E-state index contributed by atoms with van der Waals surface area (Å²) in [5.74, 6) is -0.478. The van der Waals surface area contributed by atoms with Crippen molar-refractivity contribution in [2.75, 3.05) is 26.2 Å². The monoisotopic (exact) mass is 381 g/mol. The van der Waals surface area contributed by atoms with Gasteiger partial charge in [-0.2, -0.15) is 4.31 Å². The number of benzene rings is 1. The van der Waals surface area contributed by atoms with Crippen molar-refractivity contribution in [3.05, 3.63) is 29.8 Å². The minimum absolute atomic E-state index is 0.0865. The molecule has 26 heavy (non-hydrogen) atoms. The molecule has 1 saturated heterocycles. The lowest BCUT2D eigenvalue weighted by Crippen LogP contribution is -2.45. The van der Waals surface area contributed by atoms with Crippen molar-refractivity contribution < 1.29 is 18.0 Å². The molecule has 0 radical (unpaired) electrons. The first-order chi connectivity index (χ1) is 12.3. The van der Waals surface area contributed by atoms with Gasteiger partial charge in [0, 0.05) is 31.7 Å². The Morgan fingerprint density at radius 2 is 1.65 bits per heavy atom. The predicted molar refractivity (Wildman–Crippen MR) is 99.3 cm³/mol. The van der Waals surface area contributed by atoms with Crippen LogP contribution in [0.25, 0.3) is 0 Å². The van der Waals surface area contributed by atoms with E-state index in [9.17, 15) is 18.0 Å². The molecule has 144 valence electrons. The molecule has 1 aliphatic heterocycles. The van der Waals surface area contributed by atoms with E-state index in [-0.39, 0.29) is 10.8 Å². The van der Waals surface area contributed by atoms with Crippen LogP contribution in [0.15, 0.2) is 29.2 Å². The Bertz CT molecular complexity index is 736. The minimum atomic E-state index is -3.55. The van der Waals surface area contributed by atoms with Crippen LogP contribution in [0.1, 0.15) is 44.0 Å². The highest BCUT2D eigenvalue weighted by Gasteiger charge is 2.25. The van der Waals surface area contributed by atoms with Gasteiger partial charge in [-0.15, -0.1) is 0 Å². The van der Waals surface area contributed by atoms with E-state index >= 15 is 0 Å². The molecular weight excluding hydrogens is 354 g/mol. The zero-order chi connectivity index (χ0) is 19.3. The van der Waals surface area contributed by atoms with E-state index < -0.39 is 22.0 Å². The highest BCUT2D eigenvalue weighted by Crippen LogP contribution is 2.16. The maximum absolute atomic E-state index is 12.5. The molecule has 1 heterocycles. The summed E-state index contributed by atoms with van der Waals surface area (Å²) in [6.07, 6.45) is 1.99. The van der Waals surface area contributed by atoms with Gasteiger partial charge in [-0.05, 0) is 44.0 Å². The molecule has 0 saturated carbocycles. The molecule has 2 rings (SSSR count). The summed E-state index contributed by atoms with van der Waals surface area (Å²) in [6.45, 7) is 7.46. The number of nitrogens with one attached hydrogen (secondary N) is 1. The normalized spacial score (nSPS) is 15.9. The van der Waals surface area contributed by atoms with Crippen molar-refractivity contribution in [2.45, 2.75) is 44.6 Å². The summed E-state index contributed by atoms with van der Waals surface area (Å²) < 4.78 is 26.3. The van der Waals surface area contributed by atoms with Gasteiger partial charge in [0.1, 0.15) is 6.04 Å². The van der Waals surface area contributed by atoms with Crippen molar-refractivity contribution in [2.24, 2.45) is 0 Å². The van der Waals surface area contributed by atoms with Crippen LogP contribution < -0.4 is 5.32 Å². The summed E-state index contributed by atoms with van der Waals surface area (Å²) in [5.41, 5.74) is 0.324. The number of carbonyl (C=O) groups is 2. The maximum Gasteiger partial charge on any atom is 0.251 e. The molecule has 1 aliphatic rings. The first kappa shape index (κ1) is 20.4. The number of sulfonamides is 1. The van der Waals surface area contributed by atoms with Crippen molar-refractivity contribution in [1.29, 1.82) is 0 Å². The van der Waals surface area contributed by atoms with Crippen LogP contribution in [0, 0.1) is 0 Å². The topological polar surface area (TPSA) is 86.8 Å². The van der Waals surface area contributed by atoms with Crippen molar-refractivity contribution >= 4 is 21.8 Å². The highest BCUT2D eigenvalue weighted by atomic mass is 32.2. The molecule has 1 fully saturated rings. The number of nitrogens with zero attached hydrogens (tertiary/aromatic N) is 2. The summed E-state index contributed by atoms with van der Waals surface area (Å²) in [5, 5.41) is 2.69. The fourth-order valence-corrected chi connectivity index (χ4v) is 4.50. The average molecular weight is 381 g/mol. The van der Waals surface area contributed by atoms with Crippen LogP contribution in [0.5, 0.6) is 0 Å². The lowest BCUT2D eigenvalue weighted by atomic mass is 10.2. The molecule has 1 aromatic carbocycles. The zero-order valence-corrected chi connectivity index (χ0v) is 16.4. The van der Waals surface area contributed by atoms with E-state index in [0.717, 1.165) is 25.9 Å². The van der Waals surface area contributed by atoms with E-state index in [4.69, 9.17) is 0 Å². The van der Waals surface area contributed by atoms with Crippen LogP contribution in [0.2, 0.25) is 0 Å². The van der Waals surface area contributed by atoms with E-state index in [1.54, 1.807) is 25.7 Å². The molecule has 1 aromatic rings. The second-order valence-electron chi connectivity index (χ2n) is 6.34. The molecule has 1 atom stereocenters. The van der Waals surface area contributed by atoms with Gasteiger partial charge in [0.15, 0.2) is 0 Å². The Hall–Kier alpha value is -1.93. The lowest BCUT2D eigenvalue weighted by molar-refractivity contribution is -0.131.